The first-order valence-corrected chi connectivity index (χ1v) is 6.20. The number of hydrogen-bond donors (Lipinski definition) is 2. The van der Waals surface area contributed by atoms with Crippen LogP contribution >= 0.6 is 0 Å². The van der Waals surface area contributed by atoms with Gasteiger partial charge in [-0.1, -0.05) is 0 Å². The van der Waals surface area contributed by atoms with Crippen molar-refractivity contribution in [2.45, 2.75) is 39.9 Å². The molecule has 0 saturated carbocycles. The van der Waals surface area contributed by atoms with Gasteiger partial charge in [0.05, 0.1) is 12.2 Å². The van der Waals surface area contributed by atoms with Gasteiger partial charge in [-0.15, -0.1) is 0 Å². The van der Waals surface area contributed by atoms with Crippen molar-refractivity contribution in [3.05, 3.63) is 23.3 Å². The third-order valence-electron chi connectivity index (χ3n) is 2.27. The minimum atomic E-state index is -1.25. The Kier molecular flexibility index (Phi) is 4.96. The molecule has 0 unspecified atom stereocenters. The molecule has 110 valence electrons. The molecular formula is C14H18O6. The second-order valence-corrected chi connectivity index (χ2v) is 4.79. The van der Waals surface area contributed by atoms with Crippen LogP contribution in [0.15, 0.2) is 12.1 Å². The van der Waals surface area contributed by atoms with E-state index in [0.717, 1.165) is 6.07 Å². The van der Waals surface area contributed by atoms with E-state index < -0.39 is 11.9 Å². The summed E-state index contributed by atoms with van der Waals surface area (Å²) >= 11 is 0. The summed E-state index contributed by atoms with van der Waals surface area (Å²) in [6, 6.07) is 2.37. The third-order valence-corrected chi connectivity index (χ3v) is 2.27. The Morgan fingerprint density at radius 3 is 1.45 bits per heavy atom. The highest BCUT2D eigenvalue weighted by molar-refractivity contribution is 5.98. The molecule has 0 aliphatic heterocycles. The van der Waals surface area contributed by atoms with Crippen LogP contribution in [0.4, 0.5) is 0 Å². The lowest BCUT2D eigenvalue weighted by Gasteiger charge is -2.17. The molecule has 1 aromatic carbocycles. The maximum atomic E-state index is 11.2. The first kappa shape index (κ1) is 15.8. The second-order valence-electron chi connectivity index (χ2n) is 4.79. The molecule has 0 bridgehead atoms. The average molecular weight is 282 g/mol. The summed E-state index contributed by atoms with van der Waals surface area (Å²) in [4.78, 5) is 22.4. The number of benzene rings is 1. The van der Waals surface area contributed by atoms with E-state index in [1.54, 1.807) is 27.7 Å². The van der Waals surface area contributed by atoms with Gasteiger partial charge in [0.15, 0.2) is 0 Å². The van der Waals surface area contributed by atoms with Crippen LogP contribution in [0.2, 0.25) is 0 Å². The van der Waals surface area contributed by atoms with E-state index in [9.17, 15) is 9.59 Å². The minimum absolute atomic E-state index is 0.0909. The van der Waals surface area contributed by atoms with E-state index in [4.69, 9.17) is 19.7 Å². The average Bonchev–Trinajstić information content (AvgIpc) is 2.26. The van der Waals surface area contributed by atoms with E-state index >= 15 is 0 Å². The van der Waals surface area contributed by atoms with Crippen LogP contribution in [0.3, 0.4) is 0 Å². The van der Waals surface area contributed by atoms with Gasteiger partial charge >= 0.3 is 11.9 Å². The maximum absolute atomic E-state index is 11.2. The third kappa shape index (κ3) is 3.88. The quantitative estimate of drug-likeness (QED) is 0.833. The zero-order valence-electron chi connectivity index (χ0n) is 11.8. The summed E-state index contributed by atoms with van der Waals surface area (Å²) in [6.07, 6.45) is -0.480. The van der Waals surface area contributed by atoms with Crippen LogP contribution in [-0.4, -0.2) is 34.4 Å². The molecule has 0 atom stereocenters. The van der Waals surface area contributed by atoms with Gasteiger partial charge in [-0.05, 0) is 33.8 Å². The molecule has 0 aliphatic carbocycles. The summed E-state index contributed by atoms with van der Waals surface area (Å²) in [6.45, 7) is 7.00. The Bertz CT molecular complexity index is 475. The molecule has 2 N–H and O–H groups in total. The van der Waals surface area contributed by atoms with E-state index in [-0.39, 0.29) is 34.8 Å². The maximum Gasteiger partial charge on any atom is 0.339 e. The number of ether oxygens (including phenoxy) is 2. The lowest BCUT2D eigenvalue weighted by molar-refractivity contribution is 0.0690. The molecule has 6 heteroatoms. The Hall–Kier alpha value is -2.24. The molecule has 6 nitrogen and oxygen atoms in total. The molecule has 0 amide bonds. The number of hydrogen-bond acceptors (Lipinski definition) is 4. The van der Waals surface area contributed by atoms with Gasteiger partial charge in [0, 0.05) is 6.07 Å². The summed E-state index contributed by atoms with van der Waals surface area (Å²) in [5, 5.41) is 18.3. The predicted octanol–water partition coefficient (Wildman–Crippen LogP) is 2.66. The van der Waals surface area contributed by atoms with Crippen molar-refractivity contribution in [1.82, 2.24) is 0 Å². The number of carboxylic acids is 2. The highest BCUT2D eigenvalue weighted by atomic mass is 16.5. The second kappa shape index (κ2) is 6.27. The van der Waals surface area contributed by atoms with Gasteiger partial charge in [-0.25, -0.2) is 9.59 Å². The zero-order chi connectivity index (χ0) is 15.4. The van der Waals surface area contributed by atoms with Crippen molar-refractivity contribution >= 4 is 11.9 Å². The van der Waals surface area contributed by atoms with Crippen molar-refractivity contribution in [2.75, 3.05) is 0 Å². The van der Waals surface area contributed by atoms with Gasteiger partial charge < -0.3 is 19.7 Å². The van der Waals surface area contributed by atoms with Gasteiger partial charge in [-0.3, -0.25) is 0 Å². The van der Waals surface area contributed by atoms with E-state index in [2.05, 4.69) is 0 Å². The molecule has 0 saturated heterocycles. The van der Waals surface area contributed by atoms with E-state index in [1.807, 2.05) is 0 Å². The molecule has 1 rings (SSSR count). The molecule has 1 aromatic rings. The summed E-state index contributed by atoms with van der Waals surface area (Å²) in [5.41, 5.74) is -0.403. The summed E-state index contributed by atoms with van der Waals surface area (Å²) < 4.78 is 10.8. The topological polar surface area (TPSA) is 93.1 Å². The molecule has 0 heterocycles. The summed E-state index contributed by atoms with van der Waals surface area (Å²) in [7, 11) is 0. The Labute approximate surface area is 116 Å². The highest BCUT2D eigenvalue weighted by Gasteiger charge is 2.21. The van der Waals surface area contributed by atoms with Crippen LogP contribution in [0.1, 0.15) is 48.4 Å². The van der Waals surface area contributed by atoms with Crippen LogP contribution in [-0.2, 0) is 0 Å². The molecule has 0 aliphatic rings. The number of aromatic carboxylic acids is 2. The van der Waals surface area contributed by atoms with Crippen LogP contribution in [0, 0.1) is 0 Å². The molecule has 0 spiro atoms. The Morgan fingerprint density at radius 1 is 0.850 bits per heavy atom. The fraction of sp³-hybridized carbons (Fsp3) is 0.429. The molecule has 0 aromatic heterocycles. The van der Waals surface area contributed by atoms with E-state index in [0.29, 0.717) is 0 Å². The van der Waals surface area contributed by atoms with Gasteiger partial charge in [0.2, 0.25) is 0 Å². The van der Waals surface area contributed by atoms with Gasteiger partial charge in [-0.2, -0.15) is 0 Å². The van der Waals surface area contributed by atoms with Crippen LogP contribution < -0.4 is 9.47 Å². The standard InChI is InChI=1S/C14H18O6/c1-7(2)19-11-6-12(20-8(3)4)10(14(17)18)5-9(11)13(15)16/h5-8H,1-4H3,(H,15,16)(H,17,18). The normalized spacial score (nSPS) is 10.7. The predicted molar refractivity (Wildman–Crippen MR) is 71.9 cm³/mol. The van der Waals surface area contributed by atoms with Crippen LogP contribution in [0.25, 0.3) is 0 Å². The lowest BCUT2D eigenvalue weighted by atomic mass is 10.1. The fourth-order valence-corrected chi connectivity index (χ4v) is 1.60. The Balaban J connectivity index is 3.42. The number of rotatable bonds is 6. The fourth-order valence-electron chi connectivity index (χ4n) is 1.60. The monoisotopic (exact) mass is 282 g/mol. The van der Waals surface area contributed by atoms with Gasteiger partial charge in [0.25, 0.3) is 0 Å². The van der Waals surface area contributed by atoms with Crippen molar-refractivity contribution in [2.24, 2.45) is 0 Å². The first-order chi connectivity index (χ1) is 9.22. The molecule has 0 fully saturated rings. The number of carboxylic acid groups (broad SMARTS) is 2. The van der Waals surface area contributed by atoms with Crippen molar-refractivity contribution in [1.29, 1.82) is 0 Å². The summed E-state index contributed by atoms with van der Waals surface area (Å²) in [5.74, 6) is -2.32. The molecular weight excluding hydrogens is 264 g/mol. The number of carbonyl (C=O) groups is 2. The van der Waals surface area contributed by atoms with Crippen molar-refractivity contribution in [3.63, 3.8) is 0 Å². The minimum Gasteiger partial charge on any atom is -0.490 e. The lowest BCUT2D eigenvalue weighted by Crippen LogP contribution is -2.14. The van der Waals surface area contributed by atoms with Gasteiger partial charge in [0.1, 0.15) is 22.6 Å². The zero-order valence-corrected chi connectivity index (χ0v) is 11.8. The molecule has 0 radical (unpaired) electrons. The van der Waals surface area contributed by atoms with E-state index in [1.165, 1.54) is 6.07 Å². The van der Waals surface area contributed by atoms with Crippen molar-refractivity contribution in [3.8, 4) is 11.5 Å². The Morgan fingerprint density at radius 2 is 1.20 bits per heavy atom. The van der Waals surface area contributed by atoms with Crippen molar-refractivity contribution < 1.29 is 29.3 Å². The highest BCUT2D eigenvalue weighted by Crippen LogP contribution is 2.31. The largest absolute Gasteiger partial charge is 0.490 e. The SMILES string of the molecule is CC(C)Oc1cc(OC(C)C)c(C(=O)O)cc1C(=O)O. The first-order valence-electron chi connectivity index (χ1n) is 6.20. The molecule has 20 heavy (non-hydrogen) atoms. The van der Waals surface area contributed by atoms with Crippen LogP contribution in [0.5, 0.6) is 11.5 Å². The smallest absolute Gasteiger partial charge is 0.339 e.